The number of amides is 2. The molecule has 6 nitrogen and oxygen atoms in total. The fourth-order valence-electron chi connectivity index (χ4n) is 4.01. The molecule has 0 aromatic heterocycles. The van der Waals surface area contributed by atoms with Crippen molar-refractivity contribution in [3.63, 3.8) is 0 Å². The number of carbonyl (C=O) groups is 2. The third-order valence-electron chi connectivity index (χ3n) is 5.42. The number of halogens is 1. The number of piperidine rings is 2. The number of hydrogen-bond acceptors (Lipinski definition) is 4. The standard InChI is InChI=1S/C20H27FN2O4/c1-26-12-2-10-23-18-9-11-22(13-15(18)3-8-19(23)24)20(25)14-27-17-6-4-16(21)5-7-17/h4-7,15,18H,2-3,8-14H2,1H3/t15-,18+/m0/s1. The van der Waals surface area contributed by atoms with Crippen molar-refractivity contribution >= 4 is 11.8 Å². The highest BCUT2D eigenvalue weighted by atomic mass is 19.1. The van der Waals surface area contributed by atoms with Gasteiger partial charge in [-0.3, -0.25) is 9.59 Å². The molecule has 0 saturated carbocycles. The van der Waals surface area contributed by atoms with E-state index < -0.39 is 0 Å². The molecule has 7 heteroatoms. The maximum Gasteiger partial charge on any atom is 0.260 e. The van der Waals surface area contributed by atoms with Gasteiger partial charge in [0, 0.05) is 45.8 Å². The summed E-state index contributed by atoms with van der Waals surface area (Å²) in [6, 6.07) is 5.86. The molecular formula is C20H27FN2O4. The zero-order chi connectivity index (χ0) is 19.2. The van der Waals surface area contributed by atoms with Crippen LogP contribution in [0.25, 0.3) is 0 Å². The molecule has 27 heavy (non-hydrogen) atoms. The van der Waals surface area contributed by atoms with Gasteiger partial charge < -0.3 is 19.3 Å². The molecule has 0 aliphatic carbocycles. The van der Waals surface area contributed by atoms with Gasteiger partial charge in [0.1, 0.15) is 11.6 Å². The van der Waals surface area contributed by atoms with E-state index in [1.807, 2.05) is 9.80 Å². The Hall–Kier alpha value is -2.15. The van der Waals surface area contributed by atoms with Crippen LogP contribution in [0, 0.1) is 11.7 Å². The maximum atomic E-state index is 12.9. The molecule has 3 rings (SSSR count). The van der Waals surface area contributed by atoms with Crippen molar-refractivity contribution in [1.29, 1.82) is 0 Å². The third-order valence-corrected chi connectivity index (χ3v) is 5.42. The molecule has 2 aliphatic rings. The number of methoxy groups -OCH3 is 1. The quantitative estimate of drug-likeness (QED) is 0.682. The molecule has 0 radical (unpaired) electrons. The summed E-state index contributed by atoms with van der Waals surface area (Å²) in [7, 11) is 1.67. The number of ether oxygens (including phenoxy) is 2. The van der Waals surface area contributed by atoms with Gasteiger partial charge >= 0.3 is 0 Å². The van der Waals surface area contributed by atoms with Crippen molar-refractivity contribution in [2.75, 3.05) is 40.0 Å². The Morgan fingerprint density at radius 3 is 2.78 bits per heavy atom. The fraction of sp³-hybridized carbons (Fsp3) is 0.600. The van der Waals surface area contributed by atoms with E-state index in [1.165, 1.54) is 24.3 Å². The minimum Gasteiger partial charge on any atom is -0.484 e. The smallest absolute Gasteiger partial charge is 0.260 e. The number of nitrogens with zero attached hydrogens (tertiary/aromatic N) is 2. The fourth-order valence-corrected chi connectivity index (χ4v) is 4.01. The summed E-state index contributed by atoms with van der Waals surface area (Å²) in [5, 5.41) is 0. The number of carbonyl (C=O) groups excluding carboxylic acids is 2. The summed E-state index contributed by atoms with van der Waals surface area (Å²) in [6.07, 6.45) is 3.00. The first-order chi connectivity index (χ1) is 13.1. The van der Waals surface area contributed by atoms with Gasteiger partial charge in [-0.05, 0) is 49.4 Å². The van der Waals surface area contributed by atoms with Crippen molar-refractivity contribution in [2.24, 2.45) is 5.92 Å². The Balaban J connectivity index is 1.51. The number of rotatable bonds is 7. The van der Waals surface area contributed by atoms with Gasteiger partial charge in [0.05, 0.1) is 0 Å². The van der Waals surface area contributed by atoms with Gasteiger partial charge in [-0.25, -0.2) is 4.39 Å². The Bertz CT molecular complexity index is 652. The Kier molecular flexibility index (Phi) is 6.66. The second kappa shape index (κ2) is 9.17. The van der Waals surface area contributed by atoms with Crippen LogP contribution in [0.1, 0.15) is 25.7 Å². The first-order valence-electron chi connectivity index (χ1n) is 9.53. The van der Waals surface area contributed by atoms with E-state index >= 15 is 0 Å². The first kappa shape index (κ1) is 19.6. The summed E-state index contributed by atoms with van der Waals surface area (Å²) in [6.45, 7) is 2.59. The summed E-state index contributed by atoms with van der Waals surface area (Å²) < 4.78 is 23.5. The molecule has 148 valence electrons. The largest absolute Gasteiger partial charge is 0.484 e. The predicted molar refractivity (Wildman–Crippen MR) is 97.8 cm³/mol. The van der Waals surface area contributed by atoms with E-state index in [4.69, 9.17) is 9.47 Å². The van der Waals surface area contributed by atoms with E-state index in [0.717, 1.165) is 25.8 Å². The van der Waals surface area contributed by atoms with Crippen molar-refractivity contribution < 1.29 is 23.5 Å². The Labute approximate surface area is 159 Å². The van der Waals surface area contributed by atoms with Gasteiger partial charge in [-0.2, -0.15) is 0 Å². The van der Waals surface area contributed by atoms with Crippen LogP contribution >= 0.6 is 0 Å². The minimum atomic E-state index is -0.336. The number of likely N-dealkylation sites (tertiary alicyclic amines) is 2. The average Bonchev–Trinajstić information content (AvgIpc) is 2.68. The van der Waals surface area contributed by atoms with Crippen LogP contribution in [0.5, 0.6) is 5.75 Å². The number of hydrogen-bond donors (Lipinski definition) is 0. The SMILES string of the molecule is COCCCN1C(=O)CC[C@H]2CN(C(=O)COc3ccc(F)cc3)CC[C@H]21. The number of benzene rings is 1. The molecule has 2 heterocycles. The van der Waals surface area contributed by atoms with Crippen LogP contribution in [-0.4, -0.2) is 67.6 Å². The van der Waals surface area contributed by atoms with Crippen LogP contribution in [0.3, 0.4) is 0 Å². The highest BCUT2D eigenvalue weighted by Crippen LogP contribution is 2.31. The highest BCUT2D eigenvalue weighted by Gasteiger charge is 2.40. The third kappa shape index (κ3) is 4.97. The van der Waals surface area contributed by atoms with E-state index in [2.05, 4.69) is 0 Å². The van der Waals surface area contributed by atoms with Gasteiger partial charge in [0.25, 0.3) is 5.91 Å². The van der Waals surface area contributed by atoms with Crippen LogP contribution in [0.4, 0.5) is 4.39 Å². The second-order valence-corrected chi connectivity index (χ2v) is 7.17. The summed E-state index contributed by atoms with van der Waals surface area (Å²) in [4.78, 5) is 28.6. The molecule has 2 aliphatic heterocycles. The monoisotopic (exact) mass is 378 g/mol. The highest BCUT2D eigenvalue weighted by molar-refractivity contribution is 5.79. The molecule has 2 saturated heterocycles. The molecule has 1 aromatic carbocycles. The zero-order valence-electron chi connectivity index (χ0n) is 15.7. The lowest BCUT2D eigenvalue weighted by molar-refractivity contribution is -0.145. The maximum absolute atomic E-state index is 12.9. The number of fused-ring (bicyclic) bond motifs is 1. The Morgan fingerprint density at radius 1 is 1.26 bits per heavy atom. The minimum absolute atomic E-state index is 0.0560. The van der Waals surface area contributed by atoms with Crippen LogP contribution < -0.4 is 4.74 Å². The van der Waals surface area contributed by atoms with E-state index in [9.17, 15) is 14.0 Å². The molecule has 0 spiro atoms. The topological polar surface area (TPSA) is 59.1 Å². The summed E-state index contributed by atoms with van der Waals surface area (Å²) >= 11 is 0. The van der Waals surface area contributed by atoms with E-state index in [1.54, 1.807) is 7.11 Å². The molecular weight excluding hydrogens is 351 g/mol. The van der Waals surface area contributed by atoms with Gasteiger partial charge in [0.15, 0.2) is 6.61 Å². The lowest BCUT2D eigenvalue weighted by atomic mass is 9.83. The lowest BCUT2D eigenvalue weighted by Gasteiger charge is -2.47. The van der Waals surface area contributed by atoms with E-state index in [0.29, 0.717) is 37.8 Å². The molecule has 2 amide bonds. The van der Waals surface area contributed by atoms with Crippen LogP contribution in [0.2, 0.25) is 0 Å². The predicted octanol–water partition coefficient (Wildman–Crippen LogP) is 2.08. The van der Waals surface area contributed by atoms with E-state index in [-0.39, 0.29) is 30.3 Å². The molecule has 0 N–H and O–H groups in total. The molecule has 0 bridgehead atoms. The van der Waals surface area contributed by atoms with Gasteiger partial charge in [0.2, 0.25) is 5.91 Å². The molecule has 0 unspecified atom stereocenters. The lowest BCUT2D eigenvalue weighted by Crippen LogP contribution is -2.57. The summed E-state index contributed by atoms with van der Waals surface area (Å²) in [5.74, 6) is 0.603. The average molecular weight is 378 g/mol. The van der Waals surface area contributed by atoms with Crippen molar-refractivity contribution in [3.8, 4) is 5.75 Å². The zero-order valence-corrected chi connectivity index (χ0v) is 15.7. The van der Waals surface area contributed by atoms with Gasteiger partial charge in [-0.1, -0.05) is 0 Å². The molecule has 2 fully saturated rings. The second-order valence-electron chi connectivity index (χ2n) is 7.17. The molecule has 1 aromatic rings. The first-order valence-corrected chi connectivity index (χ1v) is 9.53. The normalized spacial score (nSPS) is 22.5. The van der Waals surface area contributed by atoms with Crippen molar-refractivity contribution in [2.45, 2.75) is 31.7 Å². The molecule has 2 atom stereocenters. The summed E-state index contributed by atoms with van der Waals surface area (Å²) in [5.41, 5.74) is 0. The van der Waals surface area contributed by atoms with Crippen molar-refractivity contribution in [3.05, 3.63) is 30.1 Å². The van der Waals surface area contributed by atoms with Crippen molar-refractivity contribution in [1.82, 2.24) is 9.80 Å². The van der Waals surface area contributed by atoms with Gasteiger partial charge in [-0.15, -0.1) is 0 Å². The van der Waals surface area contributed by atoms with Crippen LogP contribution in [0.15, 0.2) is 24.3 Å². The van der Waals surface area contributed by atoms with Crippen LogP contribution in [-0.2, 0) is 14.3 Å². The Morgan fingerprint density at radius 2 is 2.04 bits per heavy atom.